The summed E-state index contributed by atoms with van der Waals surface area (Å²) in [4.78, 5) is 29.5. The van der Waals surface area contributed by atoms with Crippen LogP contribution >= 0.6 is 11.6 Å². The molecule has 0 spiro atoms. The summed E-state index contributed by atoms with van der Waals surface area (Å²) in [7, 11) is -1.27. The van der Waals surface area contributed by atoms with Crippen molar-refractivity contribution >= 4 is 39.1 Å². The normalized spacial score (nSPS) is 14.4. The van der Waals surface area contributed by atoms with Crippen LogP contribution in [0.25, 0.3) is 0 Å². The Hall–Kier alpha value is -3.76. The molecular formula is C33H40ClN3O6S. The molecule has 0 bridgehead atoms. The summed E-state index contributed by atoms with van der Waals surface area (Å²) in [6, 6.07) is 18.9. The van der Waals surface area contributed by atoms with Crippen LogP contribution in [0.15, 0.2) is 77.7 Å². The number of carbonyl (C=O) groups is 2. The molecule has 1 fully saturated rings. The Labute approximate surface area is 265 Å². The van der Waals surface area contributed by atoms with Gasteiger partial charge in [0.15, 0.2) is 11.5 Å². The standard InChI is InChI=1S/C33H40ClN3O6S/c1-4-29(33(39)35-26-11-7-5-8-12-26)36(22-24-15-17-25(34)18-16-24)32(38)23-37(44(40,41)28-13-9-6-10-14-28)27-19-20-30(42-2)31(21-27)43-3/h6,9-10,13-21,26,29H,4-5,7-8,11-12,22-23H2,1-3H3,(H,35,39)/t29-/m1/s1. The highest BCUT2D eigenvalue weighted by molar-refractivity contribution is 7.92. The van der Waals surface area contributed by atoms with E-state index >= 15 is 0 Å². The van der Waals surface area contributed by atoms with Crippen molar-refractivity contribution in [2.75, 3.05) is 25.1 Å². The number of ether oxygens (including phenoxy) is 2. The van der Waals surface area contributed by atoms with E-state index in [4.69, 9.17) is 21.1 Å². The van der Waals surface area contributed by atoms with Gasteiger partial charge in [0.25, 0.3) is 10.0 Å². The van der Waals surface area contributed by atoms with E-state index in [1.165, 1.54) is 37.3 Å². The largest absolute Gasteiger partial charge is 0.493 e. The van der Waals surface area contributed by atoms with Crippen molar-refractivity contribution in [3.8, 4) is 11.5 Å². The third-order valence-electron chi connectivity index (χ3n) is 7.87. The van der Waals surface area contributed by atoms with Crippen molar-refractivity contribution in [2.24, 2.45) is 0 Å². The van der Waals surface area contributed by atoms with Crippen LogP contribution in [0.2, 0.25) is 5.02 Å². The molecular weight excluding hydrogens is 602 g/mol. The molecule has 0 heterocycles. The monoisotopic (exact) mass is 641 g/mol. The Morgan fingerprint density at radius 1 is 0.932 bits per heavy atom. The lowest BCUT2D eigenvalue weighted by atomic mass is 9.95. The van der Waals surface area contributed by atoms with Crippen LogP contribution in [0.4, 0.5) is 5.69 Å². The van der Waals surface area contributed by atoms with E-state index in [1.807, 2.05) is 6.92 Å². The fraction of sp³-hybridized carbons (Fsp3) is 0.394. The van der Waals surface area contributed by atoms with Crippen molar-refractivity contribution in [2.45, 2.75) is 69.0 Å². The summed E-state index contributed by atoms with van der Waals surface area (Å²) < 4.78 is 40.0. The molecule has 44 heavy (non-hydrogen) atoms. The number of nitrogens with zero attached hydrogens (tertiary/aromatic N) is 2. The van der Waals surface area contributed by atoms with Crippen LogP contribution in [0.3, 0.4) is 0 Å². The third kappa shape index (κ3) is 8.04. The molecule has 0 unspecified atom stereocenters. The zero-order chi connectivity index (χ0) is 31.7. The molecule has 0 aliphatic heterocycles. The number of hydrogen-bond donors (Lipinski definition) is 1. The molecule has 0 radical (unpaired) electrons. The second-order valence-electron chi connectivity index (χ2n) is 10.8. The number of sulfonamides is 1. The summed E-state index contributed by atoms with van der Waals surface area (Å²) >= 11 is 6.11. The molecule has 1 aliphatic rings. The minimum absolute atomic E-state index is 0.0221. The SMILES string of the molecule is CC[C@H](C(=O)NC1CCCCC1)N(Cc1ccc(Cl)cc1)C(=O)CN(c1ccc(OC)c(OC)c1)S(=O)(=O)c1ccccc1. The summed E-state index contributed by atoms with van der Waals surface area (Å²) in [5, 5.41) is 3.70. The van der Waals surface area contributed by atoms with Crippen molar-refractivity contribution in [3.63, 3.8) is 0 Å². The number of carbonyl (C=O) groups excluding carboxylic acids is 2. The lowest BCUT2D eigenvalue weighted by Crippen LogP contribution is -2.54. The van der Waals surface area contributed by atoms with Gasteiger partial charge in [-0.05, 0) is 61.2 Å². The van der Waals surface area contributed by atoms with Gasteiger partial charge in [-0.2, -0.15) is 0 Å². The van der Waals surface area contributed by atoms with Crippen LogP contribution in [-0.4, -0.2) is 58.0 Å². The quantitative estimate of drug-likeness (QED) is 0.253. The van der Waals surface area contributed by atoms with Gasteiger partial charge in [0, 0.05) is 23.7 Å². The number of amides is 2. The molecule has 3 aromatic rings. The molecule has 4 rings (SSSR count). The van der Waals surface area contributed by atoms with Crippen LogP contribution in [0.1, 0.15) is 51.0 Å². The summed E-state index contributed by atoms with van der Waals surface area (Å²) in [5.74, 6) is -0.0540. The van der Waals surface area contributed by atoms with Gasteiger partial charge in [-0.15, -0.1) is 0 Å². The van der Waals surface area contributed by atoms with Crippen molar-refractivity contribution < 1.29 is 27.5 Å². The second kappa shape index (κ2) is 15.3. The Morgan fingerprint density at radius 3 is 2.20 bits per heavy atom. The number of benzene rings is 3. The van der Waals surface area contributed by atoms with Crippen molar-refractivity contribution in [1.29, 1.82) is 0 Å². The molecule has 3 aromatic carbocycles. The van der Waals surface area contributed by atoms with Gasteiger partial charge in [0.2, 0.25) is 11.8 Å². The van der Waals surface area contributed by atoms with E-state index in [9.17, 15) is 18.0 Å². The first kappa shape index (κ1) is 33.1. The van der Waals surface area contributed by atoms with E-state index in [0.29, 0.717) is 22.9 Å². The topological polar surface area (TPSA) is 105 Å². The summed E-state index contributed by atoms with van der Waals surface area (Å²) in [6.45, 7) is 1.39. The molecule has 1 atom stereocenters. The van der Waals surface area contributed by atoms with Crippen LogP contribution in [0.5, 0.6) is 11.5 Å². The predicted molar refractivity (Wildman–Crippen MR) is 172 cm³/mol. The van der Waals surface area contributed by atoms with Crippen LogP contribution < -0.4 is 19.1 Å². The van der Waals surface area contributed by atoms with Gasteiger partial charge in [-0.3, -0.25) is 13.9 Å². The van der Waals surface area contributed by atoms with Crippen LogP contribution in [-0.2, 0) is 26.2 Å². The maximum Gasteiger partial charge on any atom is 0.264 e. The number of halogens is 1. The molecule has 0 saturated heterocycles. The molecule has 1 saturated carbocycles. The third-order valence-corrected chi connectivity index (χ3v) is 9.91. The molecule has 11 heteroatoms. The average Bonchev–Trinajstić information content (AvgIpc) is 3.04. The number of rotatable bonds is 13. The average molecular weight is 642 g/mol. The molecule has 236 valence electrons. The smallest absolute Gasteiger partial charge is 0.264 e. The molecule has 1 N–H and O–H groups in total. The van der Waals surface area contributed by atoms with Gasteiger partial charge in [0.05, 0.1) is 24.8 Å². The zero-order valence-electron chi connectivity index (χ0n) is 25.4. The zero-order valence-corrected chi connectivity index (χ0v) is 26.9. The van der Waals surface area contributed by atoms with E-state index < -0.39 is 28.5 Å². The molecule has 1 aliphatic carbocycles. The summed E-state index contributed by atoms with van der Waals surface area (Å²) in [6.07, 6.45) is 5.39. The van der Waals surface area contributed by atoms with Crippen molar-refractivity contribution in [3.05, 3.63) is 83.4 Å². The first-order valence-electron chi connectivity index (χ1n) is 14.8. The van der Waals surface area contributed by atoms with Gasteiger partial charge >= 0.3 is 0 Å². The highest BCUT2D eigenvalue weighted by Crippen LogP contribution is 2.34. The highest BCUT2D eigenvalue weighted by atomic mass is 35.5. The number of nitrogens with one attached hydrogen (secondary N) is 1. The van der Waals surface area contributed by atoms with E-state index in [2.05, 4.69) is 5.32 Å². The second-order valence-corrected chi connectivity index (χ2v) is 13.1. The summed E-state index contributed by atoms with van der Waals surface area (Å²) in [5.41, 5.74) is 0.973. The fourth-order valence-electron chi connectivity index (χ4n) is 5.48. The number of methoxy groups -OCH3 is 2. The molecule has 2 amide bonds. The Morgan fingerprint density at radius 2 is 1.59 bits per heavy atom. The lowest BCUT2D eigenvalue weighted by Gasteiger charge is -2.34. The Kier molecular flexibility index (Phi) is 11.5. The first-order chi connectivity index (χ1) is 21.2. The van der Waals surface area contributed by atoms with Crippen LogP contribution in [0, 0.1) is 0 Å². The van der Waals surface area contributed by atoms with Gasteiger partial charge < -0.3 is 19.7 Å². The highest BCUT2D eigenvalue weighted by Gasteiger charge is 2.34. The molecule has 0 aromatic heterocycles. The molecule has 9 nitrogen and oxygen atoms in total. The Balaban J connectivity index is 1.73. The van der Waals surface area contributed by atoms with E-state index in [1.54, 1.807) is 54.6 Å². The van der Waals surface area contributed by atoms with E-state index in [0.717, 1.165) is 42.0 Å². The van der Waals surface area contributed by atoms with E-state index in [-0.39, 0.29) is 29.1 Å². The predicted octanol–water partition coefficient (Wildman–Crippen LogP) is 5.81. The lowest BCUT2D eigenvalue weighted by molar-refractivity contribution is -0.140. The number of anilines is 1. The van der Waals surface area contributed by atoms with Gasteiger partial charge in [-0.25, -0.2) is 8.42 Å². The van der Waals surface area contributed by atoms with Gasteiger partial charge in [0.1, 0.15) is 12.6 Å². The maximum absolute atomic E-state index is 14.3. The fourth-order valence-corrected chi connectivity index (χ4v) is 7.03. The Bertz CT molecular complexity index is 1510. The first-order valence-corrected chi connectivity index (χ1v) is 16.6. The maximum atomic E-state index is 14.3. The number of hydrogen-bond acceptors (Lipinski definition) is 6. The van der Waals surface area contributed by atoms with Gasteiger partial charge in [-0.1, -0.05) is 68.1 Å². The van der Waals surface area contributed by atoms with Crippen molar-refractivity contribution in [1.82, 2.24) is 10.2 Å². The minimum Gasteiger partial charge on any atom is -0.493 e. The minimum atomic E-state index is -4.21.